The van der Waals surface area contributed by atoms with E-state index in [9.17, 15) is 69.3 Å². The number of benzene rings is 4. The zero-order valence-electron chi connectivity index (χ0n) is 57.7. The van der Waals surface area contributed by atoms with Gasteiger partial charge >= 0.3 is 21.2 Å². The van der Waals surface area contributed by atoms with E-state index in [0.29, 0.717) is 69.4 Å². The first-order chi connectivity index (χ1) is 48.3. The van der Waals surface area contributed by atoms with Gasteiger partial charge in [0.2, 0.25) is 5.69 Å². The maximum atomic E-state index is 13.4. The molecule has 5 aromatic rings. The fourth-order valence-corrected chi connectivity index (χ4v) is 17.7. The van der Waals surface area contributed by atoms with Crippen molar-refractivity contribution < 1.29 is 78.7 Å². The van der Waals surface area contributed by atoms with E-state index < -0.39 is 52.9 Å². The van der Waals surface area contributed by atoms with Crippen molar-refractivity contribution in [2.75, 3.05) is 34.9 Å². The number of hydrogen-bond acceptors (Lipinski definition) is 16. The molecule has 24 nitrogen and oxygen atoms in total. The molecule has 1 fully saturated rings. The first kappa shape index (κ1) is 76.8. The van der Waals surface area contributed by atoms with Gasteiger partial charge in [0.1, 0.15) is 18.5 Å². The van der Waals surface area contributed by atoms with Gasteiger partial charge in [-0.1, -0.05) is 111 Å². The average Bonchev–Trinajstić information content (AvgIpc) is 1.65. The highest BCUT2D eigenvalue weighted by atomic mass is 32.2. The predicted octanol–water partition coefficient (Wildman–Crippen LogP) is 12.2. The molecule has 4 aromatic carbocycles. The summed E-state index contributed by atoms with van der Waals surface area (Å²) in [6.45, 7) is 10.2. The molecular weight excluding hydrogens is 1380 g/mol. The van der Waals surface area contributed by atoms with Crippen LogP contribution in [0.1, 0.15) is 174 Å². The fourth-order valence-electron chi connectivity index (χ4n) is 14.3. The topological polar surface area (TPSA) is 367 Å². The second-order valence-corrected chi connectivity index (χ2v) is 34.8. The average molecular weight is 1470 g/mol. The Hall–Kier alpha value is -7.84. The van der Waals surface area contributed by atoms with Gasteiger partial charge in [0.05, 0.1) is 34.4 Å². The van der Waals surface area contributed by atoms with Crippen LogP contribution >= 0.6 is 15.2 Å². The summed E-state index contributed by atoms with van der Waals surface area (Å²) < 4.78 is 97.2. The van der Waals surface area contributed by atoms with Crippen LogP contribution in [0.25, 0.3) is 5.57 Å². The third-order valence-corrected chi connectivity index (χ3v) is 25.3. The van der Waals surface area contributed by atoms with Gasteiger partial charge in [-0.3, -0.25) is 38.7 Å². The van der Waals surface area contributed by atoms with E-state index in [1.807, 2.05) is 66.9 Å². The Balaban J connectivity index is 0.779. The summed E-state index contributed by atoms with van der Waals surface area (Å²) in [5.41, 5.74) is 21.2. The number of ether oxygens (including phenoxy) is 1. The zero-order valence-corrected chi connectivity index (χ0v) is 61.1. The predicted molar refractivity (Wildman–Crippen MR) is 395 cm³/mol. The van der Waals surface area contributed by atoms with E-state index in [2.05, 4.69) is 129 Å². The highest BCUT2D eigenvalue weighted by Crippen LogP contribution is 2.69. The van der Waals surface area contributed by atoms with E-state index in [-0.39, 0.29) is 66.1 Å². The highest BCUT2D eigenvalue weighted by molar-refractivity contribution is 7.86. The van der Waals surface area contributed by atoms with Crippen LogP contribution in [-0.4, -0.2) is 125 Å². The number of hydrazone groups is 2. The molecule has 10 N–H and O–H groups in total. The number of hydrogen-bond donors (Lipinski definition) is 10. The summed E-state index contributed by atoms with van der Waals surface area (Å²) in [5, 5.41) is 18.7. The van der Waals surface area contributed by atoms with Crippen LogP contribution in [0.15, 0.2) is 179 Å². The number of aromatic nitrogens is 1. The van der Waals surface area contributed by atoms with Crippen molar-refractivity contribution in [3.8, 4) is 0 Å². The lowest BCUT2D eigenvalue weighted by atomic mass is 9.79. The summed E-state index contributed by atoms with van der Waals surface area (Å²) in [5.74, 6) is -1.03. The molecule has 102 heavy (non-hydrogen) atoms. The first-order valence-electron chi connectivity index (χ1n) is 34.4. The molecule has 10 rings (SSSR count). The number of rotatable bonds is 29. The van der Waals surface area contributed by atoms with Gasteiger partial charge in [-0.05, 0) is 178 Å². The Bertz CT molecular complexity index is 4510. The van der Waals surface area contributed by atoms with Crippen LogP contribution < -0.4 is 21.1 Å². The van der Waals surface area contributed by atoms with Crippen molar-refractivity contribution in [1.29, 1.82) is 0 Å². The molecule has 544 valence electrons. The maximum absolute atomic E-state index is 13.4. The quantitative estimate of drug-likeness (QED) is 0.00404. The summed E-state index contributed by atoms with van der Waals surface area (Å²) >= 11 is 0. The van der Waals surface area contributed by atoms with Crippen molar-refractivity contribution >= 4 is 87.7 Å². The Morgan fingerprint density at radius 1 is 0.755 bits per heavy atom. The molecule has 2 aliphatic carbocycles. The molecule has 2 unspecified atom stereocenters. The maximum Gasteiger partial charge on any atom is 0.369 e. The van der Waals surface area contributed by atoms with Crippen LogP contribution in [0.4, 0.5) is 17.2 Å². The Morgan fingerprint density at radius 2 is 1.44 bits per heavy atom. The van der Waals surface area contributed by atoms with E-state index >= 15 is 0 Å². The second kappa shape index (κ2) is 32.4. The number of pyridine rings is 1. The SMILES string of the molecule is CC1(C)C(/C=C/C2=C(c3ccc(/C=N/Nc4ccc(C(=O)NCc5ccc(C6=NNC=C7CCC(OC(=O)CCCCC(O)(P(=O)(O)O)P(=O)(O)O)CCCC76)cc5)cn4)cc3)C(=C/C=C3\N(CCCCS(=O)(=O)O)c4ccccc4C3(C)C)/CCC2)=[N+](CCCCS(=O)(=O)O)c2ccccc21. The summed E-state index contributed by atoms with van der Waals surface area (Å²) in [4.78, 5) is 70.4. The highest BCUT2D eigenvalue weighted by Gasteiger charge is 2.58. The van der Waals surface area contributed by atoms with Crippen molar-refractivity contribution in [3.05, 3.63) is 207 Å². The van der Waals surface area contributed by atoms with Gasteiger partial charge in [-0.15, -0.1) is 0 Å². The van der Waals surface area contributed by atoms with Gasteiger partial charge in [0.25, 0.3) is 31.2 Å². The van der Waals surface area contributed by atoms with Crippen molar-refractivity contribution in [2.24, 2.45) is 16.1 Å². The van der Waals surface area contributed by atoms with Gasteiger partial charge in [0.15, 0.2) is 5.71 Å². The number of nitrogens with one attached hydrogen (secondary N) is 3. The Labute approximate surface area is 596 Å². The lowest BCUT2D eigenvalue weighted by Gasteiger charge is -2.30. The third kappa shape index (κ3) is 18.7. The lowest BCUT2D eigenvalue weighted by molar-refractivity contribution is -0.438. The monoisotopic (exact) mass is 1470 g/mol. The van der Waals surface area contributed by atoms with Crippen LogP contribution in [-0.2, 0) is 56.3 Å². The molecule has 0 spiro atoms. The van der Waals surface area contributed by atoms with Crippen LogP contribution in [0.5, 0.6) is 0 Å². The number of nitrogens with zero attached hydrogens (tertiary/aromatic N) is 5. The number of allylic oxidation sites excluding steroid dienone is 9. The minimum atomic E-state index is -5.58. The zero-order chi connectivity index (χ0) is 73.3. The minimum absolute atomic E-state index is 0.00718. The Morgan fingerprint density at radius 3 is 2.14 bits per heavy atom. The van der Waals surface area contributed by atoms with Crippen molar-refractivity contribution in [3.63, 3.8) is 0 Å². The third-order valence-electron chi connectivity index (χ3n) is 19.8. The molecule has 4 heterocycles. The molecule has 1 saturated carbocycles. The molecule has 0 radical (unpaired) electrons. The number of unbranched alkanes of at least 4 members (excludes halogenated alkanes) is 3. The normalized spacial score (nSPS) is 19.5. The van der Waals surface area contributed by atoms with E-state index in [4.69, 9.17) is 4.74 Å². The lowest BCUT2D eigenvalue weighted by Crippen LogP contribution is -2.29. The molecule has 1 amide bonds. The molecule has 2 atom stereocenters. The molecule has 28 heteroatoms. The number of carbonyl (C=O) groups is 2. The molecule has 0 bridgehead atoms. The summed E-state index contributed by atoms with van der Waals surface area (Å²) in [7, 11) is -19.4. The van der Waals surface area contributed by atoms with Gasteiger partial charge in [-0.25, -0.2) is 4.98 Å². The fraction of sp³-hybridized carbons (Fsp3) is 0.405. The van der Waals surface area contributed by atoms with Crippen molar-refractivity contribution in [1.82, 2.24) is 15.7 Å². The number of amides is 1. The molecule has 1 aromatic heterocycles. The van der Waals surface area contributed by atoms with Crippen LogP contribution in [0.2, 0.25) is 0 Å². The molecular formula is C74H91N8O16P2S2+. The summed E-state index contributed by atoms with van der Waals surface area (Å²) in [6, 6.07) is 36.0. The van der Waals surface area contributed by atoms with Crippen molar-refractivity contribution in [2.45, 2.75) is 159 Å². The van der Waals surface area contributed by atoms with E-state index in [1.54, 1.807) is 18.3 Å². The largest absolute Gasteiger partial charge is 0.462 e. The van der Waals surface area contributed by atoms with Gasteiger partial charge in [0, 0.05) is 78.8 Å². The van der Waals surface area contributed by atoms with Gasteiger partial charge in [-0.2, -0.15) is 31.6 Å². The number of fused-ring (bicyclic) bond motifs is 3. The second-order valence-electron chi connectivity index (χ2n) is 27.6. The first-order valence-corrected chi connectivity index (χ1v) is 40.9. The summed E-state index contributed by atoms with van der Waals surface area (Å²) in [6.07, 6.45) is 19.7. The number of para-hydroxylation sites is 2. The number of carbonyl (C=O) groups excluding carboxylic acids is 2. The number of esters is 1. The van der Waals surface area contributed by atoms with E-state index in [1.165, 1.54) is 17.3 Å². The smallest absolute Gasteiger partial charge is 0.369 e. The van der Waals surface area contributed by atoms with Crippen LogP contribution in [0, 0.1) is 5.92 Å². The van der Waals surface area contributed by atoms with Crippen LogP contribution in [0.3, 0.4) is 0 Å². The molecule has 0 saturated heterocycles. The standard InChI is InChI=1S/C74H90N8O16P2S2/c1-72(2)61-21-5-7-23-63(61)81(43-11-13-45-101(92,93)94)65(72)39-35-53-17-15-18-54(36-40-66-73(3,4)62-22-6-8-24-64(62)82(66)44-12-14-46-102(95,96)97)69(53)55-30-26-52(27-31-55)48-77-79-67-41-37-58(49-75-67)71(84)76-47-51-28-32-56(33-29-51)70-60-20-16-19-59(38-34-57(60)50-78-80-70)98-68(83)25-9-10-42-74(85,99(86,87)88)100(89,90)91/h5-8,21-24,26-33,35-37,39-41,48-50,59-60,78,85H,9-20,25,34,38,42-47H2,1-4H3,(H7,76,84,86,87,88,89,90,91,92,93,94,95,96,97)/p+1/b53-35+,65-39-. The minimum Gasteiger partial charge on any atom is -0.462 e. The number of aliphatic hydroxyl groups is 1. The number of anilines is 2. The Kier molecular flexibility index (Phi) is 24.4. The molecule has 3 aliphatic heterocycles. The molecule has 5 aliphatic rings. The van der Waals surface area contributed by atoms with Gasteiger partial charge < -0.3 is 39.6 Å². The van der Waals surface area contributed by atoms with E-state index in [0.717, 1.165) is 105 Å².